The number of ether oxygens (including phenoxy) is 1. The van der Waals surface area contributed by atoms with E-state index in [1.54, 1.807) is 26.0 Å². The molecule has 0 fully saturated rings. The van der Waals surface area contributed by atoms with Gasteiger partial charge in [0.05, 0.1) is 26.9 Å². The van der Waals surface area contributed by atoms with Crippen molar-refractivity contribution in [1.29, 1.82) is 0 Å². The summed E-state index contributed by atoms with van der Waals surface area (Å²) in [5, 5.41) is 0.466. The molecule has 0 radical (unpaired) electrons. The van der Waals surface area contributed by atoms with Crippen molar-refractivity contribution in [2.24, 2.45) is 0 Å². The first-order valence-corrected chi connectivity index (χ1v) is 5.55. The fraction of sp³-hybridized carbons (Fsp3) is 0.300. The van der Waals surface area contributed by atoms with Gasteiger partial charge in [-0.3, -0.25) is 0 Å². The Balaban J connectivity index is 3.06. The lowest BCUT2D eigenvalue weighted by atomic mass is 10.2. The van der Waals surface area contributed by atoms with E-state index in [2.05, 4.69) is 15.9 Å². The van der Waals surface area contributed by atoms with E-state index in [1.165, 1.54) is 0 Å². The highest BCUT2D eigenvalue weighted by molar-refractivity contribution is 9.10. The fourth-order valence-electron chi connectivity index (χ4n) is 1.02. The standard InChI is InChI=1S/C10H11BrClNO2/c1-5(2)15-10(14)6-3-4-7(12)8(11)9(6)13/h3-5H,13H2,1-2H3. The minimum Gasteiger partial charge on any atom is -0.459 e. The maximum atomic E-state index is 11.6. The highest BCUT2D eigenvalue weighted by atomic mass is 79.9. The van der Waals surface area contributed by atoms with Crippen molar-refractivity contribution in [3.05, 3.63) is 27.2 Å². The smallest absolute Gasteiger partial charge is 0.340 e. The van der Waals surface area contributed by atoms with Crippen molar-refractivity contribution in [3.8, 4) is 0 Å². The molecule has 0 amide bonds. The van der Waals surface area contributed by atoms with Crippen LogP contribution in [0, 0.1) is 0 Å². The molecule has 0 spiro atoms. The van der Waals surface area contributed by atoms with Crippen LogP contribution in [-0.2, 0) is 4.74 Å². The van der Waals surface area contributed by atoms with Gasteiger partial charge < -0.3 is 10.5 Å². The van der Waals surface area contributed by atoms with Gasteiger partial charge in [0.25, 0.3) is 0 Å². The molecule has 0 atom stereocenters. The van der Waals surface area contributed by atoms with Crippen molar-refractivity contribution in [2.75, 3.05) is 5.73 Å². The number of anilines is 1. The number of nitrogens with two attached hydrogens (primary N) is 1. The van der Waals surface area contributed by atoms with E-state index in [0.29, 0.717) is 20.7 Å². The monoisotopic (exact) mass is 291 g/mol. The SMILES string of the molecule is CC(C)OC(=O)c1ccc(Cl)c(Br)c1N. The molecule has 15 heavy (non-hydrogen) atoms. The van der Waals surface area contributed by atoms with Gasteiger partial charge in [-0.1, -0.05) is 11.6 Å². The van der Waals surface area contributed by atoms with Gasteiger partial charge in [0.15, 0.2) is 0 Å². The van der Waals surface area contributed by atoms with Crippen molar-refractivity contribution in [3.63, 3.8) is 0 Å². The van der Waals surface area contributed by atoms with Crippen molar-refractivity contribution in [2.45, 2.75) is 20.0 Å². The van der Waals surface area contributed by atoms with Crippen LogP contribution in [0.15, 0.2) is 16.6 Å². The molecule has 1 rings (SSSR count). The van der Waals surface area contributed by atoms with Crippen LogP contribution in [0.3, 0.4) is 0 Å². The third kappa shape index (κ3) is 2.86. The summed E-state index contributed by atoms with van der Waals surface area (Å²) >= 11 is 9.02. The highest BCUT2D eigenvalue weighted by Crippen LogP contribution is 2.31. The zero-order valence-corrected chi connectivity index (χ0v) is 10.7. The van der Waals surface area contributed by atoms with Gasteiger partial charge in [-0.25, -0.2) is 4.79 Å². The summed E-state index contributed by atoms with van der Waals surface area (Å²) in [4.78, 5) is 11.6. The topological polar surface area (TPSA) is 52.3 Å². The van der Waals surface area contributed by atoms with E-state index in [0.717, 1.165) is 0 Å². The number of rotatable bonds is 2. The van der Waals surface area contributed by atoms with Gasteiger partial charge >= 0.3 is 5.97 Å². The largest absolute Gasteiger partial charge is 0.459 e. The predicted molar refractivity (Wildman–Crippen MR) is 64.1 cm³/mol. The van der Waals surface area contributed by atoms with Crippen LogP contribution in [-0.4, -0.2) is 12.1 Å². The van der Waals surface area contributed by atoms with Gasteiger partial charge in [0.1, 0.15) is 0 Å². The summed E-state index contributed by atoms with van der Waals surface area (Å²) in [7, 11) is 0. The molecule has 82 valence electrons. The zero-order chi connectivity index (χ0) is 11.6. The van der Waals surface area contributed by atoms with Crippen LogP contribution in [0.25, 0.3) is 0 Å². The molecule has 3 nitrogen and oxygen atoms in total. The molecule has 0 bridgehead atoms. The number of halogens is 2. The first kappa shape index (κ1) is 12.3. The number of esters is 1. The summed E-state index contributed by atoms with van der Waals surface area (Å²) in [6.07, 6.45) is -0.175. The van der Waals surface area contributed by atoms with Crippen LogP contribution in [0.1, 0.15) is 24.2 Å². The molecular formula is C10H11BrClNO2. The van der Waals surface area contributed by atoms with Gasteiger partial charge in [-0.2, -0.15) is 0 Å². The van der Waals surface area contributed by atoms with Crippen molar-refractivity contribution >= 4 is 39.2 Å². The van der Waals surface area contributed by atoms with E-state index in [-0.39, 0.29) is 6.10 Å². The van der Waals surface area contributed by atoms with Crippen LogP contribution >= 0.6 is 27.5 Å². The van der Waals surface area contributed by atoms with Crippen LogP contribution in [0.5, 0.6) is 0 Å². The maximum Gasteiger partial charge on any atom is 0.340 e. The van der Waals surface area contributed by atoms with E-state index >= 15 is 0 Å². The average Bonchev–Trinajstić information content (AvgIpc) is 2.13. The second kappa shape index (κ2) is 4.86. The van der Waals surface area contributed by atoms with Crippen molar-refractivity contribution in [1.82, 2.24) is 0 Å². The number of benzene rings is 1. The van der Waals surface area contributed by atoms with Crippen LogP contribution in [0.2, 0.25) is 5.02 Å². The van der Waals surface area contributed by atoms with Gasteiger partial charge in [-0.15, -0.1) is 0 Å². The Morgan fingerprint density at radius 1 is 1.53 bits per heavy atom. The van der Waals surface area contributed by atoms with Crippen LogP contribution in [0.4, 0.5) is 5.69 Å². The highest BCUT2D eigenvalue weighted by Gasteiger charge is 2.16. The molecule has 0 aliphatic carbocycles. The molecule has 0 aromatic heterocycles. The van der Waals surface area contributed by atoms with E-state index in [1.807, 2.05) is 0 Å². The third-order valence-corrected chi connectivity index (χ3v) is 3.09. The Bertz CT molecular complexity index is 393. The van der Waals surface area contributed by atoms with Gasteiger partial charge in [0, 0.05) is 0 Å². The molecule has 0 unspecified atom stereocenters. The minimum atomic E-state index is -0.445. The Hall–Kier alpha value is -0.740. The molecule has 0 saturated heterocycles. The molecule has 2 N–H and O–H groups in total. The summed E-state index contributed by atoms with van der Waals surface area (Å²) in [5.74, 6) is -0.445. The quantitative estimate of drug-likeness (QED) is 0.672. The van der Waals surface area contributed by atoms with Gasteiger partial charge in [0.2, 0.25) is 0 Å². The summed E-state index contributed by atoms with van der Waals surface area (Å²) < 4.78 is 5.55. The first-order valence-electron chi connectivity index (χ1n) is 4.38. The molecule has 1 aromatic rings. The second-order valence-electron chi connectivity index (χ2n) is 3.28. The Kier molecular flexibility index (Phi) is 3.99. The maximum absolute atomic E-state index is 11.6. The Morgan fingerprint density at radius 3 is 2.67 bits per heavy atom. The minimum absolute atomic E-state index is 0.175. The first-order chi connectivity index (χ1) is 6.93. The molecule has 1 aromatic carbocycles. The third-order valence-electron chi connectivity index (χ3n) is 1.70. The number of carbonyl (C=O) groups excluding carboxylic acids is 1. The number of hydrogen-bond acceptors (Lipinski definition) is 3. The molecule has 0 heterocycles. The van der Waals surface area contributed by atoms with Crippen molar-refractivity contribution < 1.29 is 9.53 Å². The second-order valence-corrected chi connectivity index (χ2v) is 4.48. The number of carbonyl (C=O) groups is 1. The van der Waals surface area contributed by atoms with E-state index in [4.69, 9.17) is 22.1 Å². The number of nitrogen functional groups attached to an aromatic ring is 1. The summed E-state index contributed by atoms with van der Waals surface area (Å²) in [6.45, 7) is 3.55. The van der Waals surface area contributed by atoms with Gasteiger partial charge in [-0.05, 0) is 41.9 Å². The predicted octanol–water partition coefficient (Wildman–Crippen LogP) is 3.25. The Morgan fingerprint density at radius 2 is 2.13 bits per heavy atom. The normalized spacial score (nSPS) is 10.5. The zero-order valence-electron chi connectivity index (χ0n) is 8.38. The van der Waals surface area contributed by atoms with E-state index < -0.39 is 5.97 Å². The lowest BCUT2D eigenvalue weighted by molar-refractivity contribution is 0.0379. The molecule has 0 aliphatic heterocycles. The lowest BCUT2D eigenvalue weighted by Gasteiger charge is -2.11. The van der Waals surface area contributed by atoms with Crippen LogP contribution < -0.4 is 5.73 Å². The number of hydrogen-bond donors (Lipinski definition) is 1. The molecular weight excluding hydrogens is 281 g/mol. The average molecular weight is 293 g/mol. The van der Waals surface area contributed by atoms with E-state index in [9.17, 15) is 4.79 Å². The summed E-state index contributed by atoms with van der Waals surface area (Å²) in [5.41, 5.74) is 6.35. The molecule has 0 aliphatic rings. The lowest BCUT2D eigenvalue weighted by Crippen LogP contribution is -2.13. The molecule has 5 heteroatoms. The molecule has 0 saturated carbocycles. The fourth-order valence-corrected chi connectivity index (χ4v) is 1.53. The Labute approximate surface area is 102 Å². The summed E-state index contributed by atoms with van der Waals surface area (Å²) in [6, 6.07) is 3.14.